The van der Waals surface area contributed by atoms with Crippen LogP contribution in [0.15, 0.2) is 18.2 Å². The van der Waals surface area contributed by atoms with E-state index in [4.69, 9.17) is 0 Å². The van der Waals surface area contributed by atoms with E-state index in [2.05, 4.69) is 4.98 Å². The number of carbonyl (C=O) groups excluding carboxylic acids is 1. The first-order valence-electron chi connectivity index (χ1n) is 6.62. The Labute approximate surface area is 112 Å². The molecule has 18 heavy (non-hydrogen) atoms. The van der Waals surface area contributed by atoms with E-state index in [1.807, 2.05) is 41.8 Å². The number of pyridine rings is 1. The molecule has 0 aromatic carbocycles. The van der Waals surface area contributed by atoms with Crippen molar-refractivity contribution in [2.45, 2.75) is 43.9 Å². The second kappa shape index (κ2) is 4.57. The number of aryl methyl sites for hydroxylation is 1. The first-order valence-corrected chi connectivity index (χ1v) is 7.61. The van der Waals surface area contributed by atoms with Gasteiger partial charge in [-0.25, -0.2) is 4.98 Å². The molecule has 2 fully saturated rings. The van der Waals surface area contributed by atoms with Crippen LogP contribution >= 0.6 is 11.8 Å². The van der Waals surface area contributed by atoms with E-state index >= 15 is 0 Å². The third-order valence-electron chi connectivity index (χ3n) is 3.86. The molecule has 2 heterocycles. The zero-order chi connectivity index (χ0) is 12.6. The van der Waals surface area contributed by atoms with Gasteiger partial charge in [0.05, 0.1) is 10.6 Å². The smallest absolute Gasteiger partial charge is 0.239 e. The second-order valence-corrected chi connectivity index (χ2v) is 6.50. The number of amides is 1. The van der Waals surface area contributed by atoms with E-state index in [9.17, 15) is 4.79 Å². The second-order valence-electron chi connectivity index (χ2n) is 5.16. The van der Waals surface area contributed by atoms with Gasteiger partial charge in [-0.05, 0) is 31.9 Å². The first kappa shape index (κ1) is 12.0. The monoisotopic (exact) mass is 262 g/mol. The highest BCUT2D eigenvalue weighted by molar-refractivity contribution is 8.02. The molecule has 96 valence electrons. The summed E-state index contributed by atoms with van der Waals surface area (Å²) < 4.78 is 0. The van der Waals surface area contributed by atoms with Crippen LogP contribution < -0.4 is 4.90 Å². The molecule has 3 rings (SSSR count). The Bertz CT molecular complexity index is 469. The van der Waals surface area contributed by atoms with Crippen molar-refractivity contribution in [3.05, 3.63) is 23.9 Å². The predicted octanol–water partition coefficient (Wildman–Crippen LogP) is 3.13. The molecule has 2 aliphatic rings. The molecule has 1 aliphatic heterocycles. The summed E-state index contributed by atoms with van der Waals surface area (Å²) in [5, 5.41) is 0. The molecule has 0 radical (unpaired) electrons. The maximum absolute atomic E-state index is 12.2. The molecule has 1 aromatic heterocycles. The lowest BCUT2D eigenvalue weighted by molar-refractivity contribution is -0.116. The summed E-state index contributed by atoms with van der Waals surface area (Å²) in [7, 11) is 0. The van der Waals surface area contributed by atoms with E-state index in [0.717, 1.165) is 24.4 Å². The average molecular weight is 262 g/mol. The maximum atomic E-state index is 12.2. The molecule has 0 atom stereocenters. The highest BCUT2D eigenvalue weighted by atomic mass is 32.2. The summed E-state index contributed by atoms with van der Waals surface area (Å²) in [6.07, 6.45) is 5.97. The Morgan fingerprint density at radius 3 is 2.78 bits per heavy atom. The van der Waals surface area contributed by atoms with Gasteiger partial charge >= 0.3 is 0 Å². The number of anilines is 1. The van der Waals surface area contributed by atoms with Crippen molar-refractivity contribution in [3.63, 3.8) is 0 Å². The molecule has 0 bridgehead atoms. The van der Waals surface area contributed by atoms with Crippen molar-refractivity contribution >= 4 is 23.5 Å². The van der Waals surface area contributed by atoms with Crippen molar-refractivity contribution in [3.8, 4) is 0 Å². The Morgan fingerprint density at radius 2 is 2.06 bits per heavy atom. The molecule has 1 aliphatic carbocycles. The lowest BCUT2D eigenvalue weighted by Crippen LogP contribution is -2.46. The molecule has 0 N–H and O–H groups in total. The molecular formula is C14H18N2OS. The first-order chi connectivity index (χ1) is 8.71. The van der Waals surface area contributed by atoms with Crippen LogP contribution in [0.5, 0.6) is 0 Å². The Kier molecular flexibility index (Phi) is 3.06. The largest absolute Gasteiger partial charge is 0.281 e. The van der Waals surface area contributed by atoms with Gasteiger partial charge in [0.25, 0.3) is 0 Å². The van der Waals surface area contributed by atoms with Crippen molar-refractivity contribution in [1.29, 1.82) is 0 Å². The van der Waals surface area contributed by atoms with Gasteiger partial charge in [-0.15, -0.1) is 11.8 Å². The highest BCUT2D eigenvalue weighted by Gasteiger charge is 2.47. The van der Waals surface area contributed by atoms with Crippen molar-refractivity contribution in [2.24, 2.45) is 0 Å². The van der Waals surface area contributed by atoms with Gasteiger partial charge in [-0.1, -0.05) is 25.3 Å². The van der Waals surface area contributed by atoms with Gasteiger partial charge in [0, 0.05) is 5.69 Å². The summed E-state index contributed by atoms with van der Waals surface area (Å²) in [5.41, 5.74) is 0.975. The topological polar surface area (TPSA) is 33.2 Å². The molecule has 1 aromatic rings. The third-order valence-corrected chi connectivity index (χ3v) is 5.38. The molecule has 1 saturated carbocycles. The molecule has 4 heteroatoms. The zero-order valence-electron chi connectivity index (χ0n) is 10.7. The lowest BCUT2D eigenvalue weighted by Gasteiger charge is -2.39. The van der Waals surface area contributed by atoms with Crippen LogP contribution in [0.2, 0.25) is 0 Å². The quantitative estimate of drug-likeness (QED) is 0.779. The molecule has 1 spiro atoms. The summed E-state index contributed by atoms with van der Waals surface area (Å²) in [6.45, 7) is 1.98. The van der Waals surface area contributed by atoms with Crippen LogP contribution in [0.1, 0.15) is 37.8 Å². The number of hydrogen-bond donors (Lipinski definition) is 0. The van der Waals surface area contributed by atoms with E-state index in [-0.39, 0.29) is 10.8 Å². The SMILES string of the molecule is Cc1cccc(N2C(=O)CSC23CCCCC3)n1. The zero-order valence-corrected chi connectivity index (χ0v) is 11.5. The van der Waals surface area contributed by atoms with Crippen molar-refractivity contribution < 1.29 is 4.79 Å². The Morgan fingerprint density at radius 1 is 1.28 bits per heavy atom. The van der Waals surface area contributed by atoms with Crippen LogP contribution in [0.25, 0.3) is 0 Å². The summed E-state index contributed by atoms with van der Waals surface area (Å²) in [5.74, 6) is 1.67. The fourth-order valence-corrected chi connectivity index (χ4v) is 4.44. The van der Waals surface area contributed by atoms with Gasteiger partial charge in [-0.3, -0.25) is 9.69 Å². The molecule has 0 unspecified atom stereocenters. The molecule has 1 saturated heterocycles. The number of aromatic nitrogens is 1. The van der Waals surface area contributed by atoms with Crippen LogP contribution in [-0.2, 0) is 4.79 Å². The summed E-state index contributed by atoms with van der Waals surface area (Å²) in [4.78, 5) is 18.7. The van der Waals surface area contributed by atoms with E-state index in [1.165, 1.54) is 19.3 Å². The Hall–Kier alpha value is -1.03. The predicted molar refractivity (Wildman–Crippen MR) is 74.7 cm³/mol. The van der Waals surface area contributed by atoms with E-state index < -0.39 is 0 Å². The number of carbonyl (C=O) groups is 1. The molecule has 1 amide bonds. The number of hydrogen-bond acceptors (Lipinski definition) is 3. The maximum Gasteiger partial charge on any atom is 0.239 e. The Balaban J connectivity index is 1.99. The molecular weight excluding hydrogens is 244 g/mol. The van der Waals surface area contributed by atoms with Crippen LogP contribution in [-0.4, -0.2) is 21.5 Å². The van der Waals surface area contributed by atoms with Crippen LogP contribution in [0, 0.1) is 6.92 Å². The fourth-order valence-electron chi connectivity index (χ4n) is 3.01. The van der Waals surface area contributed by atoms with Gasteiger partial charge in [0.2, 0.25) is 5.91 Å². The third kappa shape index (κ3) is 1.92. The van der Waals surface area contributed by atoms with Crippen molar-refractivity contribution in [2.75, 3.05) is 10.7 Å². The highest BCUT2D eigenvalue weighted by Crippen LogP contribution is 2.48. The lowest BCUT2D eigenvalue weighted by atomic mass is 9.93. The van der Waals surface area contributed by atoms with E-state index in [1.54, 1.807) is 0 Å². The van der Waals surface area contributed by atoms with Gasteiger partial charge in [0.1, 0.15) is 5.82 Å². The number of thioether (sulfide) groups is 1. The van der Waals surface area contributed by atoms with Crippen LogP contribution in [0.4, 0.5) is 5.82 Å². The normalized spacial score (nSPS) is 22.7. The average Bonchev–Trinajstić information content (AvgIpc) is 2.67. The van der Waals surface area contributed by atoms with Gasteiger partial charge < -0.3 is 0 Å². The summed E-state index contributed by atoms with van der Waals surface area (Å²) in [6, 6.07) is 5.93. The number of nitrogens with zero attached hydrogens (tertiary/aromatic N) is 2. The van der Waals surface area contributed by atoms with Crippen molar-refractivity contribution in [1.82, 2.24) is 4.98 Å². The minimum atomic E-state index is -0.00384. The standard InChI is InChI=1S/C14H18N2OS/c1-11-6-5-7-12(15-11)16-13(17)10-18-14(16)8-3-2-4-9-14/h5-7H,2-4,8-10H2,1H3. The van der Waals surface area contributed by atoms with Crippen LogP contribution in [0.3, 0.4) is 0 Å². The fraction of sp³-hybridized carbons (Fsp3) is 0.571. The number of rotatable bonds is 1. The van der Waals surface area contributed by atoms with Gasteiger partial charge in [-0.2, -0.15) is 0 Å². The summed E-state index contributed by atoms with van der Waals surface area (Å²) >= 11 is 1.82. The van der Waals surface area contributed by atoms with E-state index in [0.29, 0.717) is 5.75 Å². The minimum Gasteiger partial charge on any atom is -0.281 e. The van der Waals surface area contributed by atoms with Gasteiger partial charge in [0.15, 0.2) is 0 Å². The molecule has 3 nitrogen and oxygen atoms in total. The minimum absolute atomic E-state index is 0.00384.